The number of rotatable bonds is 4. The number of fused-ring (bicyclic) bond motifs is 1. The van der Waals surface area contributed by atoms with Crippen LogP contribution in [0, 0.1) is 0 Å². The summed E-state index contributed by atoms with van der Waals surface area (Å²) >= 11 is 0. The van der Waals surface area contributed by atoms with E-state index in [1.807, 2.05) is 57.6 Å². The zero-order valence-electron chi connectivity index (χ0n) is 15.8. The Morgan fingerprint density at radius 2 is 2.12 bits per heavy atom. The number of allylic oxidation sites excluding steroid dienone is 1. The summed E-state index contributed by atoms with van der Waals surface area (Å²) in [5, 5.41) is 10.6. The molecule has 2 aliphatic rings. The third-order valence-corrected chi connectivity index (χ3v) is 4.72. The van der Waals surface area contributed by atoms with Crippen LogP contribution in [0.2, 0.25) is 0 Å². The number of benzene rings is 1. The number of aryl methyl sites for hydroxylation is 1. The molecule has 2 aromatic rings. The van der Waals surface area contributed by atoms with Crippen molar-refractivity contribution in [1.29, 1.82) is 0 Å². The number of nitrogens with zero attached hydrogens (tertiary/aromatic N) is 2. The molecule has 1 amide bonds. The Morgan fingerprint density at radius 3 is 2.73 bits per heavy atom. The summed E-state index contributed by atoms with van der Waals surface area (Å²) < 4.78 is 7.02. The Morgan fingerprint density at radius 1 is 1.35 bits per heavy atom. The van der Waals surface area contributed by atoms with Gasteiger partial charge in [-0.15, -0.1) is 0 Å². The van der Waals surface area contributed by atoms with Gasteiger partial charge in [-0.05, 0) is 30.9 Å². The van der Waals surface area contributed by atoms with E-state index in [1.165, 1.54) is 0 Å². The van der Waals surface area contributed by atoms with E-state index in [2.05, 4.69) is 15.7 Å². The smallest absolute Gasteiger partial charge is 0.268 e. The Balaban J connectivity index is 0.000000948. The summed E-state index contributed by atoms with van der Waals surface area (Å²) in [6.07, 6.45) is 8.36. The fraction of sp³-hybridized carbons (Fsp3) is 0.400. The van der Waals surface area contributed by atoms with Crippen LogP contribution in [0.3, 0.4) is 0 Å². The van der Waals surface area contributed by atoms with Crippen molar-refractivity contribution in [3.05, 3.63) is 53.5 Å². The van der Waals surface area contributed by atoms with Crippen LogP contribution in [0.1, 0.15) is 37.8 Å². The van der Waals surface area contributed by atoms with Gasteiger partial charge in [0.05, 0.1) is 18.8 Å². The molecular formula is C20H26N4O2. The van der Waals surface area contributed by atoms with E-state index in [-0.39, 0.29) is 11.4 Å². The highest BCUT2D eigenvalue weighted by Gasteiger charge is 2.47. The lowest BCUT2D eigenvalue weighted by Crippen LogP contribution is -2.37. The number of hydrogen-bond acceptors (Lipinski definition) is 4. The molecule has 6 nitrogen and oxygen atoms in total. The minimum absolute atomic E-state index is 0.0789. The first-order valence-electron chi connectivity index (χ1n) is 9.05. The summed E-state index contributed by atoms with van der Waals surface area (Å²) in [5.74, 6) is 0.696. The van der Waals surface area contributed by atoms with Crippen LogP contribution in [0.4, 0.5) is 5.69 Å². The van der Waals surface area contributed by atoms with E-state index in [0.717, 1.165) is 41.8 Å². The van der Waals surface area contributed by atoms with Gasteiger partial charge in [0.1, 0.15) is 11.4 Å². The number of ether oxygens (including phenoxy) is 1. The van der Waals surface area contributed by atoms with Crippen LogP contribution in [-0.2, 0) is 23.8 Å². The lowest BCUT2D eigenvalue weighted by Gasteiger charge is -2.22. The average molecular weight is 354 g/mol. The van der Waals surface area contributed by atoms with E-state index in [0.29, 0.717) is 5.70 Å². The molecule has 0 radical (unpaired) electrons. The lowest BCUT2D eigenvalue weighted by molar-refractivity contribution is -0.118. The predicted octanol–water partition coefficient (Wildman–Crippen LogP) is 3.11. The molecule has 1 aliphatic heterocycles. The normalized spacial score (nSPS) is 16.2. The van der Waals surface area contributed by atoms with Crippen molar-refractivity contribution in [2.24, 2.45) is 7.05 Å². The Labute approximate surface area is 154 Å². The van der Waals surface area contributed by atoms with E-state index >= 15 is 0 Å². The first-order valence-corrected chi connectivity index (χ1v) is 9.05. The van der Waals surface area contributed by atoms with Crippen molar-refractivity contribution < 1.29 is 9.53 Å². The van der Waals surface area contributed by atoms with Gasteiger partial charge in [0.25, 0.3) is 5.91 Å². The first kappa shape index (κ1) is 18.0. The zero-order valence-corrected chi connectivity index (χ0v) is 15.8. The molecule has 4 rings (SSSR count). The molecule has 0 spiro atoms. The summed E-state index contributed by atoms with van der Waals surface area (Å²) in [6.45, 7) is 4.00. The van der Waals surface area contributed by atoms with Gasteiger partial charge in [-0.2, -0.15) is 5.10 Å². The highest BCUT2D eigenvalue weighted by atomic mass is 16.5. The number of carbonyl (C=O) groups excluding carboxylic acids is 1. The molecule has 2 heterocycles. The number of carbonyl (C=O) groups is 1. The molecule has 0 atom stereocenters. The molecule has 0 saturated heterocycles. The summed E-state index contributed by atoms with van der Waals surface area (Å²) in [7, 11) is 3.52. The summed E-state index contributed by atoms with van der Waals surface area (Å²) in [4.78, 5) is 12.7. The average Bonchev–Trinajstić information content (AvgIpc) is 3.33. The predicted molar refractivity (Wildman–Crippen MR) is 102 cm³/mol. The number of amides is 1. The lowest BCUT2D eigenvalue weighted by atomic mass is 10.0. The minimum atomic E-state index is -0.261. The maximum absolute atomic E-state index is 12.7. The van der Waals surface area contributed by atoms with Gasteiger partial charge >= 0.3 is 0 Å². The van der Waals surface area contributed by atoms with E-state index < -0.39 is 0 Å². The second-order valence-corrected chi connectivity index (χ2v) is 6.41. The van der Waals surface area contributed by atoms with Gasteiger partial charge < -0.3 is 15.4 Å². The standard InChI is InChI=1S/C18H20N4O2.C2H6/c1-22-11-13(10-19-22)18(7-8-18)21-17(23)15-6-4-12-3-5-14(24-2)9-16(12)20-15;1-2/h3,5-6,9-11,20H,4,7-8H2,1-2H3,(H,21,23);1-2H3. The van der Waals surface area contributed by atoms with Crippen molar-refractivity contribution in [2.75, 3.05) is 12.4 Å². The topological polar surface area (TPSA) is 68.2 Å². The van der Waals surface area contributed by atoms with Crippen LogP contribution >= 0.6 is 0 Å². The maximum Gasteiger partial charge on any atom is 0.268 e. The largest absolute Gasteiger partial charge is 0.497 e. The Bertz CT molecular complexity index is 834. The molecular weight excluding hydrogens is 328 g/mol. The van der Waals surface area contributed by atoms with E-state index in [1.54, 1.807) is 11.8 Å². The highest BCUT2D eigenvalue weighted by molar-refractivity contribution is 5.98. The van der Waals surface area contributed by atoms with Gasteiger partial charge in [-0.3, -0.25) is 9.48 Å². The SMILES string of the molecule is CC.COc1ccc2c(c1)NC(C(=O)NC1(c3cnn(C)c3)CC1)=CC2. The van der Waals surface area contributed by atoms with Crippen molar-refractivity contribution in [3.8, 4) is 5.75 Å². The van der Waals surface area contributed by atoms with Crippen molar-refractivity contribution >= 4 is 11.6 Å². The number of methoxy groups -OCH3 is 1. The van der Waals surface area contributed by atoms with Gasteiger partial charge in [0.15, 0.2) is 0 Å². The third-order valence-electron chi connectivity index (χ3n) is 4.72. The number of aromatic nitrogens is 2. The second-order valence-electron chi connectivity index (χ2n) is 6.41. The monoisotopic (exact) mass is 354 g/mol. The quantitative estimate of drug-likeness (QED) is 0.885. The van der Waals surface area contributed by atoms with Crippen molar-refractivity contribution in [1.82, 2.24) is 15.1 Å². The molecule has 2 N–H and O–H groups in total. The number of anilines is 1. The molecule has 1 saturated carbocycles. The molecule has 1 aromatic heterocycles. The van der Waals surface area contributed by atoms with Crippen LogP contribution in [0.15, 0.2) is 42.4 Å². The van der Waals surface area contributed by atoms with Crippen LogP contribution in [-0.4, -0.2) is 22.8 Å². The fourth-order valence-corrected chi connectivity index (χ4v) is 3.10. The summed E-state index contributed by atoms with van der Waals surface area (Å²) in [6, 6.07) is 5.87. The van der Waals surface area contributed by atoms with Crippen LogP contribution < -0.4 is 15.4 Å². The van der Waals surface area contributed by atoms with E-state index in [4.69, 9.17) is 4.74 Å². The van der Waals surface area contributed by atoms with Crippen LogP contribution in [0.25, 0.3) is 0 Å². The molecule has 1 aliphatic carbocycles. The van der Waals surface area contributed by atoms with Gasteiger partial charge in [-0.1, -0.05) is 26.0 Å². The van der Waals surface area contributed by atoms with Gasteiger partial charge in [-0.25, -0.2) is 0 Å². The Kier molecular flexibility index (Phi) is 5.02. The second kappa shape index (κ2) is 7.23. The van der Waals surface area contributed by atoms with Crippen molar-refractivity contribution in [2.45, 2.75) is 38.6 Å². The number of nitrogens with one attached hydrogen (secondary N) is 2. The fourth-order valence-electron chi connectivity index (χ4n) is 3.10. The third kappa shape index (κ3) is 3.45. The molecule has 1 aromatic carbocycles. The van der Waals surface area contributed by atoms with E-state index in [9.17, 15) is 4.79 Å². The molecule has 0 unspecified atom stereocenters. The summed E-state index contributed by atoms with van der Waals surface area (Å²) in [5.41, 5.74) is 3.47. The van der Waals surface area contributed by atoms with Gasteiger partial charge in [0.2, 0.25) is 0 Å². The zero-order chi connectivity index (χ0) is 18.7. The molecule has 138 valence electrons. The molecule has 1 fully saturated rings. The first-order chi connectivity index (χ1) is 12.6. The maximum atomic E-state index is 12.7. The highest BCUT2D eigenvalue weighted by Crippen LogP contribution is 2.45. The van der Waals surface area contributed by atoms with Gasteiger partial charge in [0, 0.05) is 30.6 Å². The minimum Gasteiger partial charge on any atom is -0.497 e. The molecule has 26 heavy (non-hydrogen) atoms. The number of hydrogen-bond donors (Lipinski definition) is 2. The van der Waals surface area contributed by atoms with Crippen LogP contribution in [0.5, 0.6) is 5.75 Å². The van der Waals surface area contributed by atoms with Crippen molar-refractivity contribution in [3.63, 3.8) is 0 Å². The molecule has 0 bridgehead atoms. The molecule has 6 heteroatoms. The Hall–Kier alpha value is -2.76.